The van der Waals surface area contributed by atoms with Gasteiger partial charge in [0.25, 0.3) is 0 Å². The van der Waals surface area contributed by atoms with Gasteiger partial charge in [-0.2, -0.15) is 0 Å². The lowest BCUT2D eigenvalue weighted by Crippen LogP contribution is -2.52. The topological polar surface area (TPSA) is 27.3 Å². The van der Waals surface area contributed by atoms with Crippen LogP contribution in [-0.2, 0) is 0 Å². The quantitative estimate of drug-likeness (QED) is 0.872. The van der Waals surface area contributed by atoms with Crippen LogP contribution in [0.15, 0.2) is 18.2 Å². The van der Waals surface area contributed by atoms with Gasteiger partial charge >= 0.3 is 0 Å². The third-order valence-corrected chi connectivity index (χ3v) is 4.09. The molecule has 1 atom stereocenters. The largest absolute Gasteiger partial charge is 0.383 e. The minimum absolute atomic E-state index is 0.560. The fraction of sp³-hybridized carbons (Fsp3) is 0.625. The van der Waals surface area contributed by atoms with Crippen LogP contribution in [0, 0.1) is 6.92 Å². The van der Waals surface area contributed by atoms with Crippen LogP contribution in [0.4, 0.5) is 5.69 Å². The molecule has 1 aliphatic rings. The van der Waals surface area contributed by atoms with Crippen molar-refractivity contribution in [3.8, 4) is 0 Å². The molecule has 0 radical (unpaired) electrons. The average Bonchev–Trinajstić information content (AvgIpc) is 2.38. The Bertz CT molecular complexity index is 414. The van der Waals surface area contributed by atoms with Crippen molar-refractivity contribution in [2.24, 2.45) is 0 Å². The van der Waals surface area contributed by atoms with E-state index in [0.717, 1.165) is 26.2 Å². The Hall–Kier alpha value is -1.06. The van der Waals surface area contributed by atoms with E-state index in [9.17, 15) is 0 Å². The molecule has 3 nitrogen and oxygen atoms in total. The SMILES string of the molecule is Cc1cccc(C(C)C)c1NCC1CNCCN1C. The van der Waals surface area contributed by atoms with Crippen molar-refractivity contribution in [2.75, 3.05) is 38.5 Å². The molecule has 0 aliphatic carbocycles. The van der Waals surface area contributed by atoms with Gasteiger partial charge in [-0.25, -0.2) is 0 Å². The number of piperazine rings is 1. The number of hydrogen-bond acceptors (Lipinski definition) is 3. The molecule has 2 N–H and O–H groups in total. The molecular formula is C16H27N3. The molecule has 0 amide bonds. The van der Waals surface area contributed by atoms with Crippen LogP contribution in [0.25, 0.3) is 0 Å². The van der Waals surface area contributed by atoms with E-state index in [4.69, 9.17) is 0 Å². The van der Waals surface area contributed by atoms with E-state index >= 15 is 0 Å². The fourth-order valence-electron chi connectivity index (χ4n) is 2.72. The normalized spacial score (nSPS) is 20.8. The van der Waals surface area contributed by atoms with Gasteiger partial charge in [-0.3, -0.25) is 4.90 Å². The molecule has 0 saturated carbocycles. The number of likely N-dealkylation sites (N-methyl/N-ethyl adjacent to an activating group) is 1. The minimum Gasteiger partial charge on any atom is -0.383 e. The van der Waals surface area contributed by atoms with Gasteiger partial charge in [0.05, 0.1) is 0 Å². The molecule has 0 aromatic heterocycles. The molecule has 2 rings (SSSR count). The number of benzene rings is 1. The highest BCUT2D eigenvalue weighted by Crippen LogP contribution is 2.27. The summed E-state index contributed by atoms with van der Waals surface area (Å²) in [5, 5.41) is 7.15. The maximum absolute atomic E-state index is 3.68. The van der Waals surface area contributed by atoms with E-state index in [1.165, 1.54) is 16.8 Å². The highest BCUT2D eigenvalue weighted by Gasteiger charge is 2.19. The standard InChI is InChI=1S/C16H27N3/c1-12(2)15-7-5-6-13(3)16(15)18-11-14-10-17-8-9-19(14)4/h5-7,12,14,17-18H,8-11H2,1-4H3. The van der Waals surface area contributed by atoms with E-state index in [2.05, 4.69) is 61.6 Å². The van der Waals surface area contributed by atoms with E-state index in [0.29, 0.717) is 12.0 Å². The van der Waals surface area contributed by atoms with Gasteiger partial charge in [0.1, 0.15) is 0 Å². The number of hydrogen-bond donors (Lipinski definition) is 2. The van der Waals surface area contributed by atoms with Crippen LogP contribution in [-0.4, -0.2) is 44.2 Å². The zero-order valence-corrected chi connectivity index (χ0v) is 12.7. The van der Waals surface area contributed by atoms with Gasteiger partial charge in [0.15, 0.2) is 0 Å². The third kappa shape index (κ3) is 3.48. The van der Waals surface area contributed by atoms with E-state index in [-0.39, 0.29) is 0 Å². The monoisotopic (exact) mass is 261 g/mol. The van der Waals surface area contributed by atoms with Crippen molar-refractivity contribution >= 4 is 5.69 Å². The molecule has 1 fully saturated rings. The van der Waals surface area contributed by atoms with Crippen LogP contribution in [0.3, 0.4) is 0 Å². The van der Waals surface area contributed by atoms with Gasteiger partial charge in [0, 0.05) is 37.9 Å². The first-order valence-corrected chi connectivity index (χ1v) is 7.34. The molecule has 3 heteroatoms. The van der Waals surface area contributed by atoms with E-state index in [1.807, 2.05) is 0 Å². The summed E-state index contributed by atoms with van der Waals surface area (Å²) in [4.78, 5) is 2.44. The summed E-state index contributed by atoms with van der Waals surface area (Å²) >= 11 is 0. The lowest BCUT2D eigenvalue weighted by molar-refractivity contribution is 0.209. The van der Waals surface area contributed by atoms with E-state index in [1.54, 1.807) is 0 Å². The number of nitrogens with one attached hydrogen (secondary N) is 2. The average molecular weight is 261 g/mol. The Balaban J connectivity index is 2.06. The van der Waals surface area contributed by atoms with Crippen molar-refractivity contribution in [2.45, 2.75) is 32.7 Å². The summed E-state index contributed by atoms with van der Waals surface area (Å²) in [6.07, 6.45) is 0. The minimum atomic E-state index is 0.560. The molecule has 1 aromatic carbocycles. The first-order valence-electron chi connectivity index (χ1n) is 7.34. The highest BCUT2D eigenvalue weighted by molar-refractivity contribution is 5.58. The maximum atomic E-state index is 3.68. The van der Waals surface area contributed by atoms with Crippen LogP contribution in [0.2, 0.25) is 0 Å². The van der Waals surface area contributed by atoms with E-state index < -0.39 is 0 Å². The summed E-state index contributed by atoms with van der Waals surface area (Å²) in [5.74, 6) is 0.560. The summed E-state index contributed by atoms with van der Waals surface area (Å²) in [6.45, 7) is 11.0. The predicted molar refractivity (Wildman–Crippen MR) is 83.0 cm³/mol. The van der Waals surface area contributed by atoms with Gasteiger partial charge < -0.3 is 10.6 Å². The number of anilines is 1. The van der Waals surface area contributed by atoms with Crippen LogP contribution in [0.5, 0.6) is 0 Å². The molecule has 0 spiro atoms. The Morgan fingerprint density at radius 3 is 2.89 bits per heavy atom. The summed E-state index contributed by atoms with van der Waals surface area (Å²) in [5.41, 5.74) is 4.10. The van der Waals surface area contributed by atoms with Gasteiger partial charge in [-0.05, 0) is 31.0 Å². The maximum Gasteiger partial charge on any atom is 0.0405 e. The molecule has 1 aromatic rings. The zero-order valence-electron chi connectivity index (χ0n) is 12.7. The third-order valence-electron chi connectivity index (χ3n) is 4.09. The predicted octanol–water partition coefficient (Wildman–Crippen LogP) is 2.43. The molecule has 1 saturated heterocycles. The molecule has 19 heavy (non-hydrogen) atoms. The van der Waals surface area contributed by atoms with Crippen molar-refractivity contribution in [3.05, 3.63) is 29.3 Å². The number of rotatable bonds is 4. The molecule has 1 unspecified atom stereocenters. The molecule has 1 aliphatic heterocycles. The Labute approximate surface area is 117 Å². The number of para-hydroxylation sites is 1. The molecule has 0 bridgehead atoms. The highest BCUT2D eigenvalue weighted by atomic mass is 15.2. The van der Waals surface area contributed by atoms with Crippen molar-refractivity contribution < 1.29 is 0 Å². The smallest absolute Gasteiger partial charge is 0.0405 e. The van der Waals surface area contributed by atoms with Crippen LogP contribution in [0.1, 0.15) is 30.9 Å². The second kappa shape index (κ2) is 6.40. The summed E-state index contributed by atoms with van der Waals surface area (Å²) in [6, 6.07) is 7.16. The van der Waals surface area contributed by atoms with Crippen molar-refractivity contribution in [3.63, 3.8) is 0 Å². The number of aryl methyl sites for hydroxylation is 1. The summed E-state index contributed by atoms with van der Waals surface area (Å²) < 4.78 is 0. The Morgan fingerprint density at radius 1 is 1.42 bits per heavy atom. The first kappa shape index (κ1) is 14.4. The lowest BCUT2D eigenvalue weighted by Gasteiger charge is -2.34. The van der Waals surface area contributed by atoms with Gasteiger partial charge in [-0.15, -0.1) is 0 Å². The van der Waals surface area contributed by atoms with Gasteiger partial charge in [-0.1, -0.05) is 32.0 Å². The van der Waals surface area contributed by atoms with Gasteiger partial charge in [0.2, 0.25) is 0 Å². The molecule has 1 heterocycles. The lowest BCUT2D eigenvalue weighted by atomic mass is 9.98. The summed E-state index contributed by atoms with van der Waals surface area (Å²) in [7, 11) is 2.22. The molecule has 106 valence electrons. The number of nitrogens with zero attached hydrogens (tertiary/aromatic N) is 1. The zero-order chi connectivity index (χ0) is 13.8. The van der Waals surface area contributed by atoms with Crippen molar-refractivity contribution in [1.29, 1.82) is 0 Å². The Morgan fingerprint density at radius 2 is 2.21 bits per heavy atom. The molecular weight excluding hydrogens is 234 g/mol. The van der Waals surface area contributed by atoms with Crippen molar-refractivity contribution in [1.82, 2.24) is 10.2 Å². The Kier molecular flexibility index (Phi) is 4.83. The second-order valence-electron chi connectivity index (χ2n) is 5.91. The van der Waals surface area contributed by atoms with Crippen LogP contribution >= 0.6 is 0 Å². The second-order valence-corrected chi connectivity index (χ2v) is 5.91. The first-order chi connectivity index (χ1) is 9.09. The fourth-order valence-corrected chi connectivity index (χ4v) is 2.72. The van der Waals surface area contributed by atoms with Crippen LogP contribution < -0.4 is 10.6 Å².